The average Bonchev–Trinajstić information content (AvgIpc) is 2.96. The molecule has 0 saturated heterocycles. The second-order valence-electron chi connectivity index (χ2n) is 8.40. The predicted octanol–water partition coefficient (Wildman–Crippen LogP) is 5.54. The van der Waals surface area contributed by atoms with Crippen molar-refractivity contribution < 1.29 is 14.3 Å². The predicted molar refractivity (Wildman–Crippen MR) is 105 cm³/mol. The summed E-state index contributed by atoms with van der Waals surface area (Å²) in [5.74, 6) is 0.157. The molecule has 4 atom stereocenters. The van der Waals surface area contributed by atoms with E-state index in [-0.39, 0.29) is 12.1 Å². The lowest BCUT2D eigenvalue weighted by Crippen LogP contribution is -2.42. The van der Waals surface area contributed by atoms with E-state index in [0.29, 0.717) is 23.3 Å². The second-order valence-corrected chi connectivity index (χ2v) is 8.40. The van der Waals surface area contributed by atoms with Crippen LogP contribution >= 0.6 is 0 Å². The van der Waals surface area contributed by atoms with Gasteiger partial charge in [-0.2, -0.15) is 0 Å². The van der Waals surface area contributed by atoms with Crippen LogP contribution in [-0.4, -0.2) is 12.1 Å². The van der Waals surface area contributed by atoms with E-state index in [2.05, 4.69) is 20.8 Å². The van der Waals surface area contributed by atoms with E-state index < -0.39 is 5.79 Å². The molecule has 3 nitrogen and oxygen atoms in total. The van der Waals surface area contributed by atoms with Crippen LogP contribution in [0.4, 0.5) is 0 Å². The van der Waals surface area contributed by atoms with E-state index >= 15 is 0 Å². The van der Waals surface area contributed by atoms with Gasteiger partial charge in [-0.05, 0) is 36.7 Å². The first-order chi connectivity index (χ1) is 13.0. The highest BCUT2D eigenvalue weighted by Gasteiger charge is 2.51. The zero-order valence-electron chi connectivity index (χ0n) is 16.4. The van der Waals surface area contributed by atoms with Crippen LogP contribution in [0.25, 0.3) is 0 Å². The Morgan fingerprint density at radius 1 is 1.04 bits per heavy atom. The number of carbonyl (C=O) groups excluding carboxylic acids is 1. The molecule has 142 valence electrons. The molecular weight excluding hydrogens is 336 g/mol. The fourth-order valence-corrected chi connectivity index (χ4v) is 4.68. The van der Waals surface area contributed by atoms with Gasteiger partial charge in [-0.25, -0.2) is 4.79 Å². The van der Waals surface area contributed by atoms with Crippen molar-refractivity contribution in [3.05, 3.63) is 71.3 Å². The maximum atomic E-state index is 12.7. The van der Waals surface area contributed by atoms with Crippen molar-refractivity contribution in [3.8, 4) is 0 Å². The Morgan fingerprint density at radius 2 is 1.74 bits per heavy atom. The SMILES string of the molecule is CC(C)[C@@H]1CC[C@H](C)C[C@H]1O[C@]1(c2ccccc2)OC(=O)c2ccccc21. The van der Waals surface area contributed by atoms with Crippen LogP contribution in [0.3, 0.4) is 0 Å². The van der Waals surface area contributed by atoms with Gasteiger partial charge in [0.25, 0.3) is 5.79 Å². The van der Waals surface area contributed by atoms with Gasteiger partial charge in [0.15, 0.2) is 0 Å². The summed E-state index contributed by atoms with van der Waals surface area (Å²) in [6.45, 7) is 6.82. The van der Waals surface area contributed by atoms with Crippen LogP contribution in [-0.2, 0) is 15.3 Å². The molecule has 1 aliphatic carbocycles. The molecule has 0 aromatic heterocycles. The number of hydrogen-bond donors (Lipinski definition) is 0. The number of esters is 1. The van der Waals surface area contributed by atoms with E-state index in [1.54, 1.807) is 0 Å². The molecule has 1 aliphatic heterocycles. The largest absolute Gasteiger partial charge is 0.420 e. The van der Waals surface area contributed by atoms with Gasteiger partial charge in [-0.3, -0.25) is 0 Å². The minimum atomic E-state index is -1.15. The molecule has 27 heavy (non-hydrogen) atoms. The first-order valence-electron chi connectivity index (χ1n) is 10.1. The molecule has 0 N–H and O–H groups in total. The summed E-state index contributed by atoms with van der Waals surface area (Å²) in [4.78, 5) is 12.7. The highest BCUT2D eigenvalue weighted by molar-refractivity contribution is 5.95. The van der Waals surface area contributed by atoms with Gasteiger partial charge >= 0.3 is 5.97 Å². The van der Waals surface area contributed by atoms with Crippen molar-refractivity contribution in [1.29, 1.82) is 0 Å². The lowest BCUT2D eigenvalue weighted by molar-refractivity contribution is -0.226. The Balaban J connectivity index is 1.80. The number of rotatable bonds is 4. The third kappa shape index (κ3) is 3.19. The fourth-order valence-electron chi connectivity index (χ4n) is 4.68. The Bertz CT molecular complexity index is 813. The molecule has 0 radical (unpaired) electrons. The molecule has 2 aliphatic rings. The second kappa shape index (κ2) is 7.12. The summed E-state index contributed by atoms with van der Waals surface area (Å²) in [7, 11) is 0. The minimum absolute atomic E-state index is 0.0629. The van der Waals surface area contributed by atoms with Crippen LogP contribution in [0.1, 0.15) is 61.5 Å². The van der Waals surface area contributed by atoms with Crippen molar-refractivity contribution in [2.24, 2.45) is 17.8 Å². The van der Waals surface area contributed by atoms with Gasteiger partial charge in [-0.1, -0.05) is 75.7 Å². The number of carbonyl (C=O) groups is 1. The van der Waals surface area contributed by atoms with E-state index in [9.17, 15) is 4.79 Å². The summed E-state index contributed by atoms with van der Waals surface area (Å²) < 4.78 is 12.8. The number of hydrogen-bond acceptors (Lipinski definition) is 3. The Hall–Kier alpha value is -2.13. The summed E-state index contributed by atoms with van der Waals surface area (Å²) in [5, 5.41) is 0. The van der Waals surface area contributed by atoms with E-state index in [1.807, 2.05) is 54.6 Å². The summed E-state index contributed by atoms with van der Waals surface area (Å²) in [6.07, 6.45) is 3.45. The molecule has 2 aromatic carbocycles. The van der Waals surface area contributed by atoms with Gasteiger partial charge < -0.3 is 9.47 Å². The van der Waals surface area contributed by atoms with E-state index in [4.69, 9.17) is 9.47 Å². The molecule has 1 fully saturated rings. The van der Waals surface area contributed by atoms with Gasteiger partial charge in [0, 0.05) is 11.1 Å². The third-order valence-electron chi connectivity index (χ3n) is 6.17. The van der Waals surface area contributed by atoms with E-state index in [1.165, 1.54) is 6.42 Å². The van der Waals surface area contributed by atoms with Crippen molar-refractivity contribution in [1.82, 2.24) is 0 Å². The highest BCUT2D eigenvalue weighted by atomic mass is 16.7. The molecule has 1 saturated carbocycles. The quantitative estimate of drug-likeness (QED) is 0.669. The monoisotopic (exact) mass is 364 g/mol. The average molecular weight is 364 g/mol. The molecule has 0 spiro atoms. The topological polar surface area (TPSA) is 35.5 Å². The van der Waals surface area contributed by atoms with E-state index in [0.717, 1.165) is 24.0 Å². The number of ether oxygens (including phenoxy) is 2. The molecule has 0 unspecified atom stereocenters. The number of cyclic esters (lactones) is 1. The molecule has 2 aromatic rings. The normalized spacial score (nSPS) is 30.2. The lowest BCUT2D eigenvalue weighted by atomic mass is 9.75. The van der Waals surface area contributed by atoms with Gasteiger partial charge in [0.05, 0.1) is 11.7 Å². The van der Waals surface area contributed by atoms with Crippen LogP contribution < -0.4 is 0 Å². The fraction of sp³-hybridized carbons (Fsp3) is 0.458. The van der Waals surface area contributed by atoms with Gasteiger partial charge in [0.1, 0.15) is 0 Å². The van der Waals surface area contributed by atoms with Gasteiger partial charge in [-0.15, -0.1) is 0 Å². The third-order valence-corrected chi connectivity index (χ3v) is 6.17. The van der Waals surface area contributed by atoms with Crippen LogP contribution in [0.15, 0.2) is 54.6 Å². The molecule has 1 heterocycles. The first-order valence-corrected chi connectivity index (χ1v) is 10.1. The molecular formula is C24H28O3. The Kier molecular flexibility index (Phi) is 4.81. The molecule has 4 rings (SSSR count). The van der Waals surface area contributed by atoms with Crippen molar-refractivity contribution >= 4 is 5.97 Å². The maximum absolute atomic E-state index is 12.7. The molecule has 0 amide bonds. The highest BCUT2D eigenvalue weighted by Crippen LogP contribution is 2.47. The van der Waals surface area contributed by atoms with Crippen molar-refractivity contribution in [3.63, 3.8) is 0 Å². The Morgan fingerprint density at radius 3 is 2.48 bits per heavy atom. The van der Waals surface area contributed by atoms with Crippen LogP contribution in [0, 0.1) is 17.8 Å². The number of benzene rings is 2. The maximum Gasteiger partial charge on any atom is 0.341 e. The van der Waals surface area contributed by atoms with Gasteiger partial charge in [0.2, 0.25) is 0 Å². The molecule has 3 heteroatoms. The first kappa shape index (κ1) is 18.2. The summed E-state index contributed by atoms with van der Waals surface area (Å²) in [6, 6.07) is 17.5. The minimum Gasteiger partial charge on any atom is -0.420 e. The van der Waals surface area contributed by atoms with Crippen LogP contribution in [0.2, 0.25) is 0 Å². The summed E-state index contributed by atoms with van der Waals surface area (Å²) >= 11 is 0. The zero-order valence-corrected chi connectivity index (χ0v) is 16.4. The smallest absolute Gasteiger partial charge is 0.341 e. The Labute approximate surface area is 161 Å². The lowest BCUT2D eigenvalue weighted by Gasteiger charge is -2.42. The van der Waals surface area contributed by atoms with Crippen LogP contribution in [0.5, 0.6) is 0 Å². The standard InChI is InChI=1S/C24H28O3/c1-16(2)19-14-13-17(3)15-22(19)26-24(18-9-5-4-6-10-18)21-12-8-7-11-20(21)23(25)27-24/h4-12,16-17,19,22H,13-15H2,1-3H3/t17-,19-,22+,24+/m0/s1. The zero-order chi connectivity index (χ0) is 19.0. The number of fused-ring (bicyclic) bond motifs is 1. The van der Waals surface area contributed by atoms with Crippen molar-refractivity contribution in [2.75, 3.05) is 0 Å². The molecule has 0 bridgehead atoms. The van der Waals surface area contributed by atoms with Crippen molar-refractivity contribution in [2.45, 2.75) is 51.9 Å². The summed E-state index contributed by atoms with van der Waals surface area (Å²) in [5.41, 5.74) is 2.30.